The van der Waals surface area contributed by atoms with Gasteiger partial charge in [0.05, 0.1) is 0 Å². The summed E-state index contributed by atoms with van der Waals surface area (Å²) in [6, 6.07) is 0. The van der Waals surface area contributed by atoms with Crippen LogP contribution in [-0.2, 0) is 0 Å². The Morgan fingerprint density at radius 2 is 2.42 bits per heavy atom. The molecule has 0 unspecified atom stereocenters. The molecule has 0 atom stereocenters. The number of nitrogens with two attached hydrogens (primary N) is 1. The van der Waals surface area contributed by atoms with Crippen molar-refractivity contribution in [1.82, 2.24) is 4.98 Å². The lowest BCUT2D eigenvalue weighted by Gasteiger charge is -2.17. The third-order valence-electron chi connectivity index (χ3n) is 1.02. The molecule has 2 N–H and O–H groups in total. The van der Waals surface area contributed by atoms with E-state index in [1.54, 1.807) is 0 Å². The van der Waals surface area contributed by atoms with Gasteiger partial charge in [-0.15, -0.1) is 0 Å². The van der Waals surface area contributed by atoms with Crippen LogP contribution in [0.3, 0.4) is 0 Å². The molecule has 0 aromatic carbocycles. The zero-order chi connectivity index (χ0) is 9.19. The van der Waals surface area contributed by atoms with Gasteiger partial charge in [0, 0.05) is 10.9 Å². The average molecular weight is 251 g/mol. The first-order valence-corrected chi connectivity index (χ1v) is 5.17. The predicted molar refractivity (Wildman–Crippen MR) is 53.6 cm³/mol. The van der Waals surface area contributed by atoms with Crippen LogP contribution in [0.25, 0.3) is 0 Å². The van der Waals surface area contributed by atoms with Crippen LogP contribution >= 0.6 is 27.3 Å². The lowest BCUT2D eigenvalue weighted by atomic mass is 10.1. The van der Waals surface area contributed by atoms with Gasteiger partial charge in [-0.1, -0.05) is 11.3 Å². The van der Waals surface area contributed by atoms with Crippen molar-refractivity contribution >= 4 is 27.3 Å². The van der Waals surface area contributed by atoms with Gasteiger partial charge in [0.1, 0.15) is 11.2 Å². The number of hydrogen-bond acceptors (Lipinski definition) is 4. The Balaban J connectivity index is 2.44. The zero-order valence-corrected chi connectivity index (χ0v) is 9.41. The SMILES string of the molecule is CC(C)(N)COc1nc(Br)cs1. The molecule has 1 rings (SSSR count). The van der Waals surface area contributed by atoms with Gasteiger partial charge in [-0.2, -0.15) is 4.98 Å². The van der Waals surface area contributed by atoms with Gasteiger partial charge >= 0.3 is 0 Å². The molecule has 0 radical (unpaired) electrons. The minimum absolute atomic E-state index is 0.307. The van der Waals surface area contributed by atoms with Crippen LogP contribution in [0.5, 0.6) is 5.19 Å². The Morgan fingerprint density at radius 1 is 1.75 bits per heavy atom. The van der Waals surface area contributed by atoms with E-state index in [0.29, 0.717) is 11.8 Å². The molecule has 68 valence electrons. The first kappa shape index (κ1) is 9.95. The third-order valence-corrected chi connectivity index (χ3v) is 2.48. The minimum Gasteiger partial charge on any atom is -0.468 e. The van der Waals surface area contributed by atoms with Gasteiger partial charge in [-0.25, -0.2) is 0 Å². The summed E-state index contributed by atoms with van der Waals surface area (Å²) in [5.74, 6) is 0. The van der Waals surface area contributed by atoms with Crippen LogP contribution < -0.4 is 10.5 Å². The molecule has 1 aromatic rings. The second-order valence-corrected chi connectivity index (χ2v) is 4.85. The molecule has 0 spiro atoms. The van der Waals surface area contributed by atoms with Crippen molar-refractivity contribution < 1.29 is 4.74 Å². The highest BCUT2D eigenvalue weighted by molar-refractivity contribution is 9.10. The van der Waals surface area contributed by atoms with E-state index in [2.05, 4.69) is 20.9 Å². The molecule has 0 aliphatic carbocycles. The van der Waals surface area contributed by atoms with Crippen molar-refractivity contribution in [2.75, 3.05) is 6.61 Å². The highest BCUT2D eigenvalue weighted by atomic mass is 79.9. The maximum absolute atomic E-state index is 5.73. The van der Waals surface area contributed by atoms with Crippen molar-refractivity contribution in [3.63, 3.8) is 0 Å². The molecule has 0 bridgehead atoms. The summed E-state index contributed by atoms with van der Waals surface area (Å²) in [6.07, 6.45) is 0. The summed E-state index contributed by atoms with van der Waals surface area (Å²) in [5, 5.41) is 2.53. The number of hydrogen-bond donors (Lipinski definition) is 1. The fraction of sp³-hybridized carbons (Fsp3) is 0.571. The van der Waals surface area contributed by atoms with Gasteiger partial charge in [0.15, 0.2) is 0 Å². The predicted octanol–water partition coefficient (Wildman–Crippen LogP) is 2.02. The van der Waals surface area contributed by atoms with E-state index in [9.17, 15) is 0 Å². The van der Waals surface area contributed by atoms with Gasteiger partial charge in [0.25, 0.3) is 5.19 Å². The van der Waals surface area contributed by atoms with Gasteiger partial charge < -0.3 is 10.5 Å². The number of ether oxygens (including phenoxy) is 1. The van der Waals surface area contributed by atoms with Gasteiger partial charge in [0.2, 0.25) is 0 Å². The lowest BCUT2D eigenvalue weighted by molar-refractivity contribution is 0.242. The second-order valence-electron chi connectivity index (χ2n) is 3.21. The Bertz CT molecular complexity index is 256. The van der Waals surface area contributed by atoms with Gasteiger partial charge in [-0.3, -0.25) is 0 Å². The molecule has 0 fully saturated rings. The van der Waals surface area contributed by atoms with Gasteiger partial charge in [-0.05, 0) is 29.8 Å². The van der Waals surface area contributed by atoms with E-state index in [0.717, 1.165) is 4.60 Å². The Morgan fingerprint density at radius 3 is 2.83 bits per heavy atom. The number of thiazole rings is 1. The number of nitrogens with zero attached hydrogens (tertiary/aromatic N) is 1. The molecule has 0 saturated heterocycles. The fourth-order valence-corrected chi connectivity index (χ4v) is 1.64. The Hall–Kier alpha value is -0.130. The van der Waals surface area contributed by atoms with Crippen LogP contribution in [0.1, 0.15) is 13.8 Å². The molecular weight excluding hydrogens is 240 g/mol. The van der Waals surface area contributed by atoms with Crippen molar-refractivity contribution in [1.29, 1.82) is 0 Å². The summed E-state index contributed by atoms with van der Waals surface area (Å²) in [6.45, 7) is 4.30. The molecule has 0 aliphatic rings. The highest BCUT2D eigenvalue weighted by Gasteiger charge is 2.12. The highest BCUT2D eigenvalue weighted by Crippen LogP contribution is 2.22. The minimum atomic E-state index is -0.307. The van der Waals surface area contributed by atoms with E-state index in [4.69, 9.17) is 10.5 Å². The van der Waals surface area contributed by atoms with Crippen LogP contribution in [0.2, 0.25) is 0 Å². The maximum atomic E-state index is 5.73. The van der Waals surface area contributed by atoms with E-state index < -0.39 is 0 Å². The first-order chi connectivity index (χ1) is 5.47. The van der Waals surface area contributed by atoms with Crippen LogP contribution in [0.4, 0.5) is 0 Å². The van der Waals surface area contributed by atoms with E-state index in [1.807, 2.05) is 19.2 Å². The summed E-state index contributed by atoms with van der Waals surface area (Å²) in [5.41, 5.74) is 5.42. The van der Waals surface area contributed by atoms with E-state index in [-0.39, 0.29) is 5.54 Å². The molecule has 0 saturated carbocycles. The fourth-order valence-electron chi connectivity index (χ4n) is 0.553. The summed E-state index contributed by atoms with van der Waals surface area (Å²) in [4.78, 5) is 4.07. The molecule has 12 heavy (non-hydrogen) atoms. The Labute approximate surface area is 84.1 Å². The average Bonchev–Trinajstić information content (AvgIpc) is 2.30. The van der Waals surface area contributed by atoms with E-state index in [1.165, 1.54) is 11.3 Å². The largest absolute Gasteiger partial charge is 0.468 e. The van der Waals surface area contributed by atoms with Crippen LogP contribution in [0, 0.1) is 0 Å². The first-order valence-electron chi connectivity index (χ1n) is 3.50. The molecule has 0 aliphatic heterocycles. The van der Waals surface area contributed by atoms with Crippen LogP contribution in [-0.4, -0.2) is 17.1 Å². The molecule has 1 aromatic heterocycles. The number of halogens is 1. The lowest BCUT2D eigenvalue weighted by Crippen LogP contribution is -2.38. The molecule has 1 heterocycles. The number of rotatable bonds is 3. The quantitative estimate of drug-likeness (QED) is 0.894. The summed E-state index contributed by atoms with van der Waals surface area (Å²) in [7, 11) is 0. The Kier molecular flexibility index (Phi) is 3.09. The van der Waals surface area contributed by atoms with Crippen molar-refractivity contribution in [3.8, 4) is 5.19 Å². The van der Waals surface area contributed by atoms with Crippen molar-refractivity contribution in [2.45, 2.75) is 19.4 Å². The smallest absolute Gasteiger partial charge is 0.274 e. The third kappa shape index (κ3) is 3.51. The topological polar surface area (TPSA) is 48.1 Å². The summed E-state index contributed by atoms with van der Waals surface area (Å²) >= 11 is 4.70. The monoisotopic (exact) mass is 250 g/mol. The molecule has 3 nitrogen and oxygen atoms in total. The zero-order valence-electron chi connectivity index (χ0n) is 7.00. The normalized spacial score (nSPS) is 11.7. The summed E-state index contributed by atoms with van der Waals surface area (Å²) < 4.78 is 6.15. The van der Waals surface area contributed by atoms with E-state index >= 15 is 0 Å². The van der Waals surface area contributed by atoms with Crippen molar-refractivity contribution in [3.05, 3.63) is 9.98 Å². The molecular formula is C7H11BrN2OS. The standard InChI is InChI=1S/C7H11BrN2OS/c1-7(2,9)4-11-6-10-5(8)3-12-6/h3H,4,9H2,1-2H3. The van der Waals surface area contributed by atoms with Crippen molar-refractivity contribution in [2.24, 2.45) is 5.73 Å². The molecule has 0 amide bonds. The molecule has 5 heteroatoms. The van der Waals surface area contributed by atoms with Crippen LogP contribution in [0.15, 0.2) is 9.98 Å². The second kappa shape index (κ2) is 3.72. The maximum Gasteiger partial charge on any atom is 0.274 e. The number of aromatic nitrogens is 1.